The highest BCUT2D eigenvalue weighted by Crippen LogP contribution is 2.18. The summed E-state index contributed by atoms with van der Waals surface area (Å²) in [5.41, 5.74) is 3.64. The van der Waals surface area contributed by atoms with Crippen molar-refractivity contribution in [1.82, 2.24) is 10.2 Å². The molecule has 0 aliphatic carbocycles. The van der Waals surface area contributed by atoms with Crippen molar-refractivity contribution >= 4 is 11.8 Å². The van der Waals surface area contributed by atoms with Crippen LogP contribution in [0.3, 0.4) is 0 Å². The SMILES string of the molecule is Cc1ccc(C)c(OCC(=O)NCc2ccc(C(=O)N(C)C)cc2)c1. The number of aryl methyl sites for hydroxylation is 2. The maximum absolute atomic E-state index is 12.0. The first-order chi connectivity index (χ1) is 11.9. The Kier molecular flexibility index (Phi) is 6.17. The molecule has 0 aliphatic heterocycles. The monoisotopic (exact) mass is 340 g/mol. The second-order valence-corrected chi connectivity index (χ2v) is 6.23. The van der Waals surface area contributed by atoms with E-state index in [0.29, 0.717) is 12.1 Å². The number of rotatable bonds is 6. The molecular weight excluding hydrogens is 316 g/mol. The molecular formula is C20H24N2O3. The molecule has 0 atom stereocenters. The first kappa shape index (κ1) is 18.5. The lowest BCUT2D eigenvalue weighted by molar-refractivity contribution is -0.123. The standard InChI is InChI=1S/C20H24N2O3/c1-14-5-6-15(2)18(11-14)25-13-19(23)21-12-16-7-9-17(10-8-16)20(24)22(3)4/h5-11H,12-13H2,1-4H3,(H,21,23). The lowest BCUT2D eigenvalue weighted by Crippen LogP contribution is -2.28. The van der Waals surface area contributed by atoms with Crippen LogP contribution in [-0.4, -0.2) is 37.4 Å². The van der Waals surface area contributed by atoms with Gasteiger partial charge in [-0.05, 0) is 48.7 Å². The maximum atomic E-state index is 12.0. The predicted octanol–water partition coefficient (Wildman–Crippen LogP) is 2.70. The number of nitrogens with one attached hydrogen (secondary N) is 1. The molecule has 132 valence electrons. The first-order valence-electron chi connectivity index (χ1n) is 8.14. The molecule has 0 fully saturated rings. The summed E-state index contributed by atoms with van der Waals surface area (Å²) in [5, 5.41) is 2.82. The maximum Gasteiger partial charge on any atom is 0.258 e. The van der Waals surface area contributed by atoms with Gasteiger partial charge in [0, 0.05) is 26.2 Å². The van der Waals surface area contributed by atoms with E-state index >= 15 is 0 Å². The van der Waals surface area contributed by atoms with Crippen LogP contribution >= 0.6 is 0 Å². The molecule has 0 radical (unpaired) electrons. The summed E-state index contributed by atoms with van der Waals surface area (Å²) in [6, 6.07) is 13.1. The second kappa shape index (κ2) is 8.33. The average molecular weight is 340 g/mol. The first-order valence-corrected chi connectivity index (χ1v) is 8.14. The van der Waals surface area contributed by atoms with Crippen molar-refractivity contribution < 1.29 is 14.3 Å². The van der Waals surface area contributed by atoms with Gasteiger partial charge in [-0.2, -0.15) is 0 Å². The predicted molar refractivity (Wildman–Crippen MR) is 97.7 cm³/mol. The molecule has 2 aromatic rings. The van der Waals surface area contributed by atoms with Gasteiger partial charge in [-0.25, -0.2) is 0 Å². The molecule has 0 saturated heterocycles. The van der Waals surface area contributed by atoms with Gasteiger partial charge in [-0.15, -0.1) is 0 Å². The van der Waals surface area contributed by atoms with Crippen molar-refractivity contribution in [2.24, 2.45) is 0 Å². The van der Waals surface area contributed by atoms with E-state index in [-0.39, 0.29) is 18.4 Å². The Hall–Kier alpha value is -2.82. The van der Waals surface area contributed by atoms with Crippen LogP contribution in [0.2, 0.25) is 0 Å². The van der Waals surface area contributed by atoms with E-state index in [0.717, 1.165) is 22.4 Å². The van der Waals surface area contributed by atoms with Crippen LogP contribution in [0.1, 0.15) is 27.0 Å². The van der Waals surface area contributed by atoms with E-state index in [1.165, 1.54) is 4.90 Å². The van der Waals surface area contributed by atoms with Crippen molar-refractivity contribution in [2.75, 3.05) is 20.7 Å². The van der Waals surface area contributed by atoms with Gasteiger partial charge in [0.1, 0.15) is 5.75 Å². The fourth-order valence-electron chi connectivity index (χ4n) is 2.28. The minimum absolute atomic E-state index is 0.0263. The van der Waals surface area contributed by atoms with Crippen LogP contribution in [0.5, 0.6) is 5.75 Å². The Labute approximate surface area is 148 Å². The normalized spacial score (nSPS) is 10.2. The van der Waals surface area contributed by atoms with Crippen LogP contribution < -0.4 is 10.1 Å². The number of amides is 2. The lowest BCUT2D eigenvalue weighted by atomic mass is 10.1. The molecule has 0 spiro atoms. The molecule has 2 aromatic carbocycles. The summed E-state index contributed by atoms with van der Waals surface area (Å²) in [5.74, 6) is 0.494. The number of carbonyl (C=O) groups excluding carboxylic acids is 2. The molecule has 0 aromatic heterocycles. The van der Waals surface area contributed by atoms with E-state index in [2.05, 4.69) is 5.32 Å². The van der Waals surface area contributed by atoms with Crippen LogP contribution in [0, 0.1) is 13.8 Å². The Morgan fingerprint density at radius 1 is 1.04 bits per heavy atom. The van der Waals surface area contributed by atoms with Crippen molar-refractivity contribution in [2.45, 2.75) is 20.4 Å². The summed E-state index contributed by atoms with van der Waals surface area (Å²) in [7, 11) is 3.43. The fourth-order valence-corrected chi connectivity index (χ4v) is 2.28. The number of nitrogens with zero attached hydrogens (tertiary/aromatic N) is 1. The third-order valence-corrected chi connectivity index (χ3v) is 3.80. The molecule has 0 bridgehead atoms. The molecule has 5 heteroatoms. The van der Waals surface area contributed by atoms with Crippen molar-refractivity contribution in [3.05, 3.63) is 64.7 Å². The quantitative estimate of drug-likeness (QED) is 0.879. The van der Waals surface area contributed by atoms with Crippen LogP contribution in [0.4, 0.5) is 0 Å². The van der Waals surface area contributed by atoms with Gasteiger partial charge < -0.3 is 15.0 Å². The lowest BCUT2D eigenvalue weighted by Gasteiger charge is -2.12. The Morgan fingerprint density at radius 3 is 2.36 bits per heavy atom. The summed E-state index contributed by atoms with van der Waals surface area (Å²) in [6.07, 6.45) is 0. The highest BCUT2D eigenvalue weighted by molar-refractivity contribution is 5.93. The average Bonchev–Trinajstić information content (AvgIpc) is 2.60. The summed E-state index contributed by atoms with van der Waals surface area (Å²) >= 11 is 0. The molecule has 1 N–H and O–H groups in total. The van der Waals surface area contributed by atoms with Crippen molar-refractivity contribution in [3.63, 3.8) is 0 Å². The number of ether oxygens (including phenoxy) is 1. The molecule has 2 amide bonds. The molecule has 2 rings (SSSR count). The van der Waals surface area contributed by atoms with E-state index in [9.17, 15) is 9.59 Å². The minimum atomic E-state index is -0.186. The topological polar surface area (TPSA) is 58.6 Å². The minimum Gasteiger partial charge on any atom is -0.483 e. The van der Waals surface area contributed by atoms with Gasteiger partial charge in [0.15, 0.2) is 6.61 Å². The molecule has 25 heavy (non-hydrogen) atoms. The summed E-state index contributed by atoms with van der Waals surface area (Å²) in [6.45, 7) is 4.30. The molecule has 0 aliphatic rings. The van der Waals surface area contributed by atoms with E-state index < -0.39 is 0 Å². The summed E-state index contributed by atoms with van der Waals surface area (Å²) < 4.78 is 5.58. The number of benzene rings is 2. The van der Waals surface area contributed by atoms with Gasteiger partial charge in [0.05, 0.1) is 0 Å². The molecule has 0 heterocycles. The van der Waals surface area contributed by atoms with Gasteiger partial charge in [-0.1, -0.05) is 24.3 Å². The van der Waals surface area contributed by atoms with Crippen LogP contribution in [-0.2, 0) is 11.3 Å². The molecule has 0 unspecified atom stereocenters. The van der Waals surface area contributed by atoms with E-state index in [1.54, 1.807) is 26.2 Å². The second-order valence-electron chi connectivity index (χ2n) is 6.23. The Balaban J connectivity index is 1.83. The Bertz CT molecular complexity index is 752. The fraction of sp³-hybridized carbons (Fsp3) is 0.300. The van der Waals surface area contributed by atoms with Gasteiger partial charge in [0.2, 0.25) is 0 Å². The molecule has 5 nitrogen and oxygen atoms in total. The zero-order valence-corrected chi connectivity index (χ0v) is 15.1. The number of hydrogen-bond acceptors (Lipinski definition) is 3. The van der Waals surface area contributed by atoms with Crippen LogP contribution in [0.15, 0.2) is 42.5 Å². The number of carbonyl (C=O) groups is 2. The van der Waals surface area contributed by atoms with E-state index in [1.807, 2.05) is 44.2 Å². The largest absolute Gasteiger partial charge is 0.483 e. The van der Waals surface area contributed by atoms with Gasteiger partial charge in [0.25, 0.3) is 11.8 Å². The highest BCUT2D eigenvalue weighted by atomic mass is 16.5. The van der Waals surface area contributed by atoms with E-state index in [4.69, 9.17) is 4.74 Å². The van der Waals surface area contributed by atoms with Crippen molar-refractivity contribution in [1.29, 1.82) is 0 Å². The smallest absolute Gasteiger partial charge is 0.258 e. The number of hydrogen-bond donors (Lipinski definition) is 1. The third-order valence-electron chi connectivity index (χ3n) is 3.80. The highest BCUT2D eigenvalue weighted by Gasteiger charge is 2.08. The summed E-state index contributed by atoms with van der Waals surface area (Å²) in [4.78, 5) is 25.3. The zero-order valence-electron chi connectivity index (χ0n) is 15.1. The van der Waals surface area contributed by atoms with Gasteiger partial charge in [-0.3, -0.25) is 9.59 Å². The zero-order chi connectivity index (χ0) is 18.4. The van der Waals surface area contributed by atoms with Crippen LogP contribution in [0.25, 0.3) is 0 Å². The van der Waals surface area contributed by atoms with Crippen molar-refractivity contribution in [3.8, 4) is 5.75 Å². The Morgan fingerprint density at radius 2 is 1.72 bits per heavy atom. The third kappa shape index (κ3) is 5.35. The molecule has 0 saturated carbocycles. The van der Waals surface area contributed by atoms with Gasteiger partial charge >= 0.3 is 0 Å².